The summed E-state index contributed by atoms with van der Waals surface area (Å²) >= 11 is 1.47. The van der Waals surface area contributed by atoms with Crippen LogP contribution in [0.25, 0.3) is 10.7 Å². The zero-order valence-electron chi connectivity index (χ0n) is 16.0. The van der Waals surface area contributed by atoms with Gasteiger partial charge in [-0.1, -0.05) is 17.3 Å². The van der Waals surface area contributed by atoms with Crippen LogP contribution < -0.4 is 14.4 Å². The summed E-state index contributed by atoms with van der Waals surface area (Å²) in [4.78, 5) is 17.7. The van der Waals surface area contributed by atoms with E-state index < -0.39 is 22.0 Å². The number of hydrogen-bond acceptors (Lipinski definition) is 8. The fraction of sp³-hybridized carbons (Fsp3) is 0.278. The van der Waals surface area contributed by atoms with Crippen molar-refractivity contribution in [1.29, 1.82) is 0 Å². The molecule has 0 bridgehead atoms. The molecule has 3 rings (SSSR count). The van der Waals surface area contributed by atoms with Crippen LogP contribution in [0.1, 0.15) is 12.8 Å². The number of nitrogens with one attached hydrogen (secondary N) is 1. The Morgan fingerprint density at radius 1 is 1.34 bits per heavy atom. The summed E-state index contributed by atoms with van der Waals surface area (Å²) in [7, 11) is -2.25. The summed E-state index contributed by atoms with van der Waals surface area (Å²) in [5, 5.41) is 8.41. The number of carbonyl (C=O) groups excluding carboxylic acids is 1. The number of aromatic nitrogens is 2. The molecule has 0 radical (unpaired) electrons. The van der Waals surface area contributed by atoms with Gasteiger partial charge in [0.05, 0.1) is 30.5 Å². The molecule has 0 saturated heterocycles. The van der Waals surface area contributed by atoms with Crippen LogP contribution in [0.2, 0.25) is 0 Å². The Balaban J connectivity index is 1.72. The Kier molecular flexibility index (Phi) is 6.18. The van der Waals surface area contributed by atoms with E-state index in [0.717, 1.165) is 15.4 Å². The number of sulfonamides is 1. The number of anilines is 1. The van der Waals surface area contributed by atoms with Crippen molar-refractivity contribution in [3.05, 3.63) is 47.7 Å². The van der Waals surface area contributed by atoms with Gasteiger partial charge in [0.15, 0.2) is 0 Å². The van der Waals surface area contributed by atoms with Crippen molar-refractivity contribution < 1.29 is 22.5 Å². The second kappa shape index (κ2) is 8.62. The maximum absolute atomic E-state index is 12.6. The molecule has 0 aliphatic carbocycles. The molecule has 1 amide bonds. The van der Waals surface area contributed by atoms with Crippen LogP contribution in [0, 0.1) is 0 Å². The summed E-state index contributed by atoms with van der Waals surface area (Å²) < 4.78 is 36.0. The van der Waals surface area contributed by atoms with E-state index in [4.69, 9.17) is 9.26 Å². The van der Waals surface area contributed by atoms with Crippen molar-refractivity contribution in [2.45, 2.75) is 19.5 Å². The van der Waals surface area contributed by atoms with Gasteiger partial charge in [0.2, 0.25) is 27.6 Å². The lowest BCUT2D eigenvalue weighted by Gasteiger charge is -2.28. The maximum atomic E-state index is 12.6. The number of ether oxygens (including phenoxy) is 1. The molecule has 3 aromatic rings. The highest BCUT2D eigenvalue weighted by Crippen LogP contribution is 2.25. The smallest absolute Gasteiger partial charge is 0.246 e. The van der Waals surface area contributed by atoms with Gasteiger partial charge in [0.1, 0.15) is 11.8 Å². The molecule has 0 unspecified atom stereocenters. The summed E-state index contributed by atoms with van der Waals surface area (Å²) in [5.41, 5.74) is 0.326. The molecule has 1 N–H and O–H groups in total. The van der Waals surface area contributed by atoms with Gasteiger partial charge in [-0.15, -0.1) is 11.3 Å². The van der Waals surface area contributed by atoms with E-state index in [1.54, 1.807) is 24.3 Å². The van der Waals surface area contributed by atoms with E-state index in [-0.39, 0.29) is 12.4 Å². The number of benzene rings is 1. The summed E-state index contributed by atoms with van der Waals surface area (Å²) in [6.07, 6.45) is 1.04. The van der Waals surface area contributed by atoms with Gasteiger partial charge in [-0.2, -0.15) is 4.98 Å². The molecule has 11 heteroatoms. The molecular formula is C18H20N4O5S2. The van der Waals surface area contributed by atoms with Crippen LogP contribution in [0.15, 0.2) is 46.3 Å². The first-order chi connectivity index (χ1) is 13.8. The number of methoxy groups -OCH3 is 1. The number of rotatable bonds is 8. The molecular weight excluding hydrogens is 416 g/mol. The highest BCUT2D eigenvalue weighted by Gasteiger charge is 2.29. The second-order valence-electron chi connectivity index (χ2n) is 6.14. The first-order valence-electron chi connectivity index (χ1n) is 8.57. The van der Waals surface area contributed by atoms with E-state index in [1.165, 1.54) is 25.4 Å². The van der Waals surface area contributed by atoms with Gasteiger partial charge >= 0.3 is 0 Å². The standard InChI is InChI=1S/C18H20N4O5S2/c1-12(22(29(3,24)25)13-6-4-7-14(10-13)26-2)18(23)19-11-16-20-17(21-27-16)15-8-5-9-28-15/h4-10,12H,11H2,1-3H3,(H,19,23)/t12-/m0/s1. The average Bonchev–Trinajstić information content (AvgIpc) is 3.36. The lowest BCUT2D eigenvalue weighted by Crippen LogP contribution is -2.47. The van der Waals surface area contributed by atoms with Gasteiger partial charge < -0.3 is 14.6 Å². The van der Waals surface area contributed by atoms with E-state index in [9.17, 15) is 13.2 Å². The molecule has 1 atom stereocenters. The molecule has 29 heavy (non-hydrogen) atoms. The average molecular weight is 437 g/mol. The number of amides is 1. The highest BCUT2D eigenvalue weighted by atomic mass is 32.2. The maximum Gasteiger partial charge on any atom is 0.246 e. The molecule has 0 saturated carbocycles. The minimum atomic E-state index is -3.73. The molecule has 9 nitrogen and oxygen atoms in total. The quantitative estimate of drug-likeness (QED) is 0.576. The van der Waals surface area contributed by atoms with Gasteiger partial charge in [-0.3, -0.25) is 9.10 Å². The fourth-order valence-electron chi connectivity index (χ4n) is 2.70. The van der Waals surface area contributed by atoms with E-state index in [1.807, 2.05) is 17.5 Å². The van der Waals surface area contributed by atoms with Crippen molar-refractivity contribution in [2.75, 3.05) is 17.7 Å². The molecule has 154 valence electrons. The first kappa shape index (κ1) is 20.8. The Morgan fingerprint density at radius 3 is 2.79 bits per heavy atom. The first-order valence-corrected chi connectivity index (χ1v) is 11.3. The highest BCUT2D eigenvalue weighted by molar-refractivity contribution is 7.92. The molecule has 0 fully saturated rings. The lowest BCUT2D eigenvalue weighted by molar-refractivity contribution is -0.122. The fourth-order valence-corrected chi connectivity index (χ4v) is 4.52. The van der Waals surface area contributed by atoms with Crippen LogP contribution in [-0.4, -0.2) is 43.9 Å². The monoisotopic (exact) mass is 436 g/mol. The molecule has 0 aliphatic rings. The molecule has 1 aromatic carbocycles. The Morgan fingerprint density at radius 2 is 2.14 bits per heavy atom. The molecule has 2 aromatic heterocycles. The van der Waals surface area contributed by atoms with Gasteiger partial charge in [0.25, 0.3) is 0 Å². The van der Waals surface area contributed by atoms with Crippen molar-refractivity contribution in [1.82, 2.24) is 15.5 Å². The summed E-state index contributed by atoms with van der Waals surface area (Å²) in [6, 6.07) is 9.22. The minimum Gasteiger partial charge on any atom is -0.497 e. The Hall–Kier alpha value is -2.92. The minimum absolute atomic E-state index is 0.0166. The van der Waals surface area contributed by atoms with Crippen molar-refractivity contribution >= 4 is 33.0 Å². The Bertz CT molecular complexity index is 1080. The summed E-state index contributed by atoms with van der Waals surface area (Å²) in [5.74, 6) is 0.637. The topological polar surface area (TPSA) is 115 Å². The van der Waals surface area contributed by atoms with E-state index >= 15 is 0 Å². The number of nitrogens with zero attached hydrogens (tertiary/aromatic N) is 3. The SMILES string of the molecule is COc1cccc(N([C@@H](C)C(=O)NCc2nc(-c3cccs3)no2)S(C)(=O)=O)c1. The number of thiophene rings is 1. The van der Waals surface area contributed by atoms with Gasteiger partial charge in [-0.05, 0) is 30.5 Å². The predicted octanol–water partition coefficient (Wildman–Crippen LogP) is 2.28. The van der Waals surface area contributed by atoms with E-state index in [2.05, 4.69) is 15.5 Å². The van der Waals surface area contributed by atoms with Crippen LogP contribution in [0.4, 0.5) is 5.69 Å². The Labute approximate surface area is 172 Å². The van der Waals surface area contributed by atoms with Gasteiger partial charge in [0, 0.05) is 6.07 Å². The molecule has 0 aliphatic heterocycles. The van der Waals surface area contributed by atoms with Gasteiger partial charge in [-0.25, -0.2) is 8.42 Å². The van der Waals surface area contributed by atoms with Crippen LogP contribution in [0.5, 0.6) is 5.75 Å². The second-order valence-corrected chi connectivity index (χ2v) is 8.95. The molecule has 0 spiro atoms. The van der Waals surface area contributed by atoms with Crippen molar-refractivity contribution in [3.8, 4) is 16.5 Å². The zero-order valence-corrected chi connectivity index (χ0v) is 17.7. The van der Waals surface area contributed by atoms with Crippen molar-refractivity contribution in [3.63, 3.8) is 0 Å². The third-order valence-corrected chi connectivity index (χ3v) is 6.13. The largest absolute Gasteiger partial charge is 0.497 e. The third-order valence-electron chi connectivity index (χ3n) is 4.02. The summed E-state index contributed by atoms with van der Waals surface area (Å²) in [6.45, 7) is 1.48. The number of hydrogen-bond donors (Lipinski definition) is 1. The number of carbonyl (C=O) groups is 1. The van der Waals surface area contributed by atoms with Crippen molar-refractivity contribution in [2.24, 2.45) is 0 Å². The van der Waals surface area contributed by atoms with E-state index in [0.29, 0.717) is 17.3 Å². The van der Waals surface area contributed by atoms with Crippen LogP contribution in [0.3, 0.4) is 0 Å². The predicted molar refractivity (Wildman–Crippen MR) is 109 cm³/mol. The van der Waals surface area contributed by atoms with Crippen LogP contribution in [-0.2, 0) is 21.4 Å². The molecule has 2 heterocycles. The normalized spacial score (nSPS) is 12.4. The third kappa shape index (κ3) is 4.93. The lowest BCUT2D eigenvalue weighted by atomic mass is 10.2. The van der Waals surface area contributed by atoms with Crippen LogP contribution >= 0.6 is 11.3 Å². The zero-order chi connectivity index (χ0) is 21.0.